The first-order valence-electron chi connectivity index (χ1n) is 4.67. The lowest BCUT2D eigenvalue weighted by molar-refractivity contribution is 0.617. The molecule has 0 saturated carbocycles. The second-order valence-corrected chi connectivity index (χ2v) is 4.62. The molecule has 1 N–H and O–H groups in total. The van der Waals surface area contributed by atoms with E-state index in [4.69, 9.17) is 11.6 Å². The van der Waals surface area contributed by atoms with E-state index in [0.717, 1.165) is 17.2 Å². The lowest BCUT2D eigenvalue weighted by Gasteiger charge is -2.14. The molecule has 0 aromatic heterocycles. The summed E-state index contributed by atoms with van der Waals surface area (Å²) in [6.45, 7) is 0. The highest BCUT2D eigenvalue weighted by atomic mass is 35.5. The van der Waals surface area contributed by atoms with Crippen LogP contribution in [0.5, 0.6) is 0 Å². The van der Waals surface area contributed by atoms with Crippen molar-refractivity contribution in [3.05, 3.63) is 34.9 Å². The van der Waals surface area contributed by atoms with Crippen LogP contribution in [0, 0.1) is 0 Å². The highest BCUT2D eigenvalue weighted by Crippen LogP contribution is 2.13. The third kappa shape index (κ3) is 3.91. The van der Waals surface area contributed by atoms with Gasteiger partial charge in [0.15, 0.2) is 0 Å². The number of benzene rings is 1. The Morgan fingerprint density at radius 1 is 1.50 bits per heavy atom. The monoisotopic (exact) mass is 229 g/mol. The summed E-state index contributed by atoms with van der Waals surface area (Å²) in [5, 5.41) is 4.13. The zero-order chi connectivity index (χ0) is 10.4. The first kappa shape index (κ1) is 11.9. The van der Waals surface area contributed by atoms with E-state index in [0.29, 0.717) is 6.04 Å². The van der Waals surface area contributed by atoms with Gasteiger partial charge in [0.05, 0.1) is 0 Å². The fourth-order valence-electron chi connectivity index (χ4n) is 1.39. The fourth-order valence-corrected chi connectivity index (χ4v) is 2.29. The lowest BCUT2D eigenvalue weighted by atomic mass is 10.1. The average molecular weight is 230 g/mol. The number of hydrogen-bond acceptors (Lipinski definition) is 2. The molecule has 0 heterocycles. The molecule has 3 heteroatoms. The standard InChI is InChI=1S/C11H16ClNS/c1-13-11(8-14-2)7-9-4-3-5-10(12)6-9/h3-6,11,13H,7-8H2,1-2H3. The Balaban J connectivity index is 2.57. The number of halogens is 1. The first-order valence-corrected chi connectivity index (χ1v) is 6.44. The molecular weight excluding hydrogens is 214 g/mol. The maximum atomic E-state index is 5.92. The van der Waals surface area contributed by atoms with Crippen molar-refractivity contribution in [1.82, 2.24) is 5.32 Å². The molecular formula is C11H16ClNS. The van der Waals surface area contributed by atoms with Crippen molar-refractivity contribution >= 4 is 23.4 Å². The third-order valence-electron chi connectivity index (χ3n) is 2.15. The minimum absolute atomic E-state index is 0.531. The van der Waals surface area contributed by atoms with Crippen LogP contribution in [0.25, 0.3) is 0 Å². The van der Waals surface area contributed by atoms with Gasteiger partial charge in [0.25, 0.3) is 0 Å². The Kier molecular flexibility index (Phi) is 5.38. The average Bonchev–Trinajstić information content (AvgIpc) is 2.17. The first-order chi connectivity index (χ1) is 6.76. The smallest absolute Gasteiger partial charge is 0.0408 e. The summed E-state index contributed by atoms with van der Waals surface area (Å²) in [6, 6.07) is 8.60. The summed E-state index contributed by atoms with van der Waals surface area (Å²) < 4.78 is 0. The van der Waals surface area contributed by atoms with Crippen molar-refractivity contribution in [1.29, 1.82) is 0 Å². The van der Waals surface area contributed by atoms with Gasteiger partial charge in [-0.1, -0.05) is 23.7 Å². The lowest BCUT2D eigenvalue weighted by Crippen LogP contribution is -2.29. The Bertz CT molecular complexity index is 278. The van der Waals surface area contributed by atoms with E-state index >= 15 is 0 Å². The summed E-state index contributed by atoms with van der Waals surface area (Å²) in [5.41, 5.74) is 1.30. The minimum Gasteiger partial charge on any atom is -0.316 e. The van der Waals surface area contributed by atoms with Gasteiger partial charge in [0, 0.05) is 16.8 Å². The molecule has 0 aliphatic rings. The van der Waals surface area contributed by atoms with Crippen molar-refractivity contribution in [3.8, 4) is 0 Å². The minimum atomic E-state index is 0.531. The largest absolute Gasteiger partial charge is 0.316 e. The SMILES string of the molecule is CNC(CSC)Cc1cccc(Cl)c1. The molecule has 0 bridgehead atoms. The van der Waals surface area contributed by atoms with Gasteiger partial charge in [-0.05, 0) is 37.4 Å². The van der Waals surface area contributed by atoms with Crippen LogP contribution in [0.4, 0.5) is 0 Å². The molecule has 0 saturated heterocycles. The van der Waals surface area contributed by atoms with Crippen molar-refractivity contribution in [2.24, 2.45) is 0 Å². The van der Waals surface area contributed by atoms with Crippen molar-refractivity contribution in [2.75, 3.05) is 19.1 Å². The van der Waals surface area contributed by atoms with E-state index < -0.39 is 0 Å². The molecule has 1 aromatic carbocycles. The second-order valence-electron chi connectivity index (χ2n) is 3.27. The fraction of sp³-hybridized carbons (Fsp3) is 0.455. The van der Waals surface area contributed by atoms with Crippen LogP contribution in [0.1, 0.15) is 5.56 Å². The molecule has 78 valence electrons. The summed E-state index contributed by atoms with van der Waals surface area (Å²) in [5.74, 6) is 1.13. The molecule has 1 nitrogen and oxygen atoms in total. The third-order valence-corrected chi connectivity index (χ3v) is 3.12. The van der Waals surface area contributed by atoms with Crippen LogP contribution >= 0.6 is 23.4 Å². The van der Waals surface area contributed by atoms with Gasteiger partial charge in [0.1, 0.15) is 0 Å². The molecule has 0 spiro atoms. The zero-order valence-corrected chi connectivity index (χ0v) is 10.2. The van der Waals surface area contributed by atoms with Crippen LogP contribution in [0.15, 0.2) is 24.3 Å². The predicted octanol–water partition coefficient (Wildman–Crippen LogP) is 2.83. The predicted molar refractivity (Wildman–Crippen MR) is 66.4 cm³/mol. The molecule has 1 rings (SSSR count). The molecule has 14 heavy (non-hydrogen) atoms. The van der Waals surface area contributed by atoms with Gasteiger partial charge in [-0.15, -0.1) is 0 Å². The summed E-state index contributed by atoms with van der Waals surface area (Å²) in [6.07, 6.45) is 3.17. The number of thioether (sulfide) groups is 1. The molecule has 0 fully saturated rings. The topological polar surface area (TPSA) is 12.0 Å². The normalized spacial score (nSPS) is 12.8. The van der Waals surface area contributed by atoms with Gasteiger partial charge in [-0.2, -0.15) is 11.8 Å². The van der Waals surface area contributed by atoms with E-state index in [1.54, 1.807) is 0 Å². The highest BCUT2D eigenvalue weighted by Gasteiger charge is 2.06. The quantitative estimate of drug-likeness (QED) is 0.834. The Morgan fingerprint density at radius 3 is 2.86 bits per heavy atom. The van der Waals surface area contributed by atoms with Crippen molar-refractivity contribution in [3.63, 3.8) is 0 Å². The molecule has 1 aromatic rings. The molecule has 0 amide bonds. The van der Waals surface area contributed by atoms with E-state index in [1.165, 1.54) is 5.56 Å². The van der Waals surface area contributed by atoms with E-state index in [-0.39, 0.29) is 0 Å². The maximum absolute atomic E-state index is 5.92. The van der Waals surface area contributed by atoms with E-state index in [1.807, 2.05) is 37.0 Å². The summed E-state index contributed by atoms with van der Waals surface area (Å²) >= 11 is 7.79. The molecule has 0 aliphatic heterocycles. The summed E-state index contributed by atoms with van der Waals surface area (Å²) in [7, 11) is 2.01. The zero-order valence-electron chi connectivity index (χ0n) is 8.59. The van der Waals surface area contributed by atoms with Crippen LogP contribution in [-0.2, 0) is 6.42 Å². The maximum Gasteiger partial charge on any atom is 0.0408 e. The van der Waals surface area contributed by atoms with Crippen molar-refractivity contribution < 1.29 is 0 Å². The van der Waals surface area contributed by atoms with Crippen LogP contribution in [-0.4, -0.2) is 25.1 Å². The van der Waals surface area contributed by atoms with Crippen LogP contribution in [0.2, 0.25) is 5.02 Å². The number of rotatable bonds is 5. The highest BCUT2D eigenvalue weighted by molar-refractivity contribution is 7.98. The van der Waals surface area contributed by atoms with Gasteiger partial charge in [-0.3, -0.25) is 0 Å². The molecule has 1 atom stereocenters. The van der Waals surface area contributed by atoms with Crippen LogP contribution in [0.3, 0.4) is 0 Å². The second kappa shape index (κ2) is 6.33. The summed E-state index contributed by atoms with van der Waals surface area (Å²) in [4.78, 5) is 0. The van der Waals surface area contributed by atoms with Gasteiger partial charge < -0.3 is 5.32 Å². The number of likely N-dealkylation sites (N-methyl/N-ethyl adjacent to an activating group) is 1. The Labute approximate surface area is 95.2 Å². The molecule has 0 radical (unpaired) electrons. The molecule has 0 aliphatic carbocycles. The Hall–Kier alpha value is -0.180. The number of hydrogen-bond donors (Lipinski definition) is 1. The van der Waals surface area contributed by atoms with Gasteiger partial charge in [0.2, 0.25) is 0 Å². The van der Waals surface area contributed by atoms with E-state index in [9.17, 15) is 0 Å². The van der Waals surface area contributed by atoms with Crippen molar-refractivity contribution in [2.45, 2.75) is 12.5 Å². The van der Waals surface area contributed by atoms with Gasteiger partial charge >= 0.3 is 0 Å². The van der Waals surface area contributed by atoms with Gasteiger partial charge in [-0.25, -0.2) is 0 Å². The Morgan fingerprint density at radius 2 is 2.29 bits per heavy atom. The van der Waals surface area contributed by atoms with Crippen LogP contribution < -0.4 is 5.32 Å². The number of nitrogens with one attached hydrogen (secondary N) is 1. The molecule has 1 unspecified atom stereocenters. The van der Waals surface area contributed by atoms with E-state index in [2.05, 4.69) is 17.6 Å².